The van der Waals surface area contributed by atoms with Gasteiger partial charge in [0.05, 0.1) is 56.4 Å². The van der Waals surface area contributed by atoms with Crippen molar-refractivity contribution in [2.75, 3.05) is 46.2 Å². The van der Waals surface area contributed by atoms with Crippen molar-refractivity contribution in [3.8, 4) is 33.8 Å². The van der Waals surface area contributed by atoms with E-state index in [1.807, 2.05) is 18.2 Å². The van der Waals surface area contributed by atoms with E-state index in [0.717, 1.165) is 90.7 Å². The Bertz CT molecular complexity index is 3760. The van der Waals surface area contributed by atoms with Crippen LogP contribution in [0, 0.1) is 29.1 Å². The molecule has 0 atom stereocenters. The van der Waals surface area contributed by atoms with E-state index in [9.17, 15) is 36.3 Å². The molecule has 24 heteroatoms. The molecule has 0 bridgehead atoms. The second-order valence-corrected chi connectivity index (χ2v) is 22.3. The van der Waals surface area contributed by atoms with E-state index < -0.39 is 11.8 Å². The molecule has 8 heterocycles. The molecule has 2 fully saturated rings. The summed E-state index contributed by atoms with van der Waals surface area (Å²) in [6.45, 7) is 14.5. The number of benzene rings is 5. The summed E-state index contributed by atoms with van der Waals surface area (Å²) in [6.07, 6.45) is 7.61. The summed E-state index contributed by atoms with van der Waals surface area (Å²) in [5.41, 5.74) is 8.00. The van der Waals surface area contributed by atoms with Gasteiger partial charge in [-0.1, -0.05) is 44.9 Å². The van der Waals surface area contributed by atoms with Crippen LogP contribution in [0.5, 0.6) is 0 Å². The molecule has 13 rings (SSSR count). The van der Waals surface area contributed by atoms with Gasteiger partial charge in [0, 0.05) is 65.1 Å². The monoisotopic (exact) mass is 1290 g/mol. The molecular formula is C68H67BClF5N4O13. The molecule has 0 N–H and O–H groups in total. The fraction of sp³-hybridized carbons (Fsp3) is 0.309. The lowest BCUT2D eigenvalue weighted by atomic mass is 9.75. The lowest BCUT2D eigenvalue weighted by Crippen LogP contribution is -2.41. The van der Waals surface area contributed by atoms with Gasteiger partial charge in [-0.15, -0.1) is 0 Å². The number of ketones is 1. The van der Waals surface area contributed by atoms with Crippen molar-refractivity contribution in [3.05, 3.63) is 214 Å². The highest BCUT2D eigenvalue weighted by Gasteiger charge is 2.52. The van der Waals surface area contributed by atoms with Gasteiger partial charge in [0.2, 0.25) is 5.22 Å². The van der Waals surface area contributed by atoms with Crippen molar-refractivity contribution >= 4 is 47.7 Å². The van der Waals surface area contributed by atoms with Crippen LogP contribution >= 0.6 is 11.6 Å². The summed E-state index contributed by atoms with van der Waals surface area (Å²) in [5.74, 6) is -0.757. The molecule has 8 aromatic rings. The second kappa shape index (κ2) is 33.6. The molecule has 0 unspecified atom stereocenters. The Labute approximate surface area is 533 Å². The fourth-order valence-corrected chi connectivity index (χ4v) is 9.24. The van der Waals surface area contributed by atoms with Crippen molar-refractivity contribution in [1.29, 1.82) is 0 Å². The Hall–Kier alpha value is -8.71. The van der Waals surface area contributed by atoms with E-state index in [2.05, 4.69) is 68.5 Å². The number of carbonyl (C=O) groups excluding carboxylic acids is 3. The minimum atomic E-state index is -0.563. The number of Topliss-reactive ketones (excluding diaryl/α,β-unsaturated/α-hetero) is 1. The molecule has 0 radical (unpaired) electrons. The van der Waals surface area contributed by atoms with E-state index in [1.54, 1.807) is 61.5 Å². The van der Waals surface area contributed by atoms with Gasteiger partial charge in [0.15, 0.2) is 11.5 Å². The minimum absolute atomic E-state index is 0.158. The number of rotatable bonds is 11. The van der Waals surface area contributed by atoms with Crippen LogP contribution in [0.15, 0.2) is 176 Å². The van der Waals surface area contributed by atoms with E-state index in [0.29, 0.717) is 48.3 Å². The summed E-state index contributed by atoms with van der Waals surface area (Å²) in [7, 11) is -0.182. The van der Waals surface area contributed by atoms with Gasteiger partial charge in [0.25, 0.3) is 0 Å². The van der Waals surface area contributed by atoms with Crippen LogP contribution in [0.3, 0.4) is 0 Å². The average molecular weight is 1290 g/mol. The Kier molecular flexibility index (Phi) is 25.2. The van der Waals surface area contributed by atoms with Gasteiger partial charge in [0.1, 0.15) is 58.3 Å². The van der Waals surface area contributed by atoms with Gasteiger partial charge in [-0.2, -0.15) is 0 Å². The van der Waals surface area contributed by atoms with Gasteiger partial charge in [-0.3, -0.25) is 9.59 Å². The first-order chi connectivity index (χ1) is 44.2. The Balaban J connectivity index is 0.000000143. The quantitative estimate of drug-likeness (QED) is 0.0295. The summed E-state index contributed by atoms with van der Waals surface area (Å²) < 4.78 is 111. The molecule has 5 aliphatic heterocycles. The number of ether oxygens (including phenoxy) is 4. The summed E-state index contributed by atoms with van der Waals surface area (Å²) >= 11 is 5.54. The molecule has 92 heavy (non-hydrogen) atoms. The van der Waals surface area contributed by atoms with Crippen LogP contribution in [0.2, 0.25) is 5.22 Å². The van der Waals surface area contributed by atoms with Gasteiger partial charge in [-0.25, -0.2) is 26.7 Å². The van der Waals surface area contributed by atoms with Crippen LogP contribution in [-0.2, 0) is 42.7 Å². The van der Waals surface area contributed by atoms with Crippen LogP contribution < -0.4 is 0 Å². The van der Waals surface area contributed by atoms with E-state index in [4.69, 9.17) is 44.2 Å². The fourth-order valence-electron chi connectivity index (χ4n) is 9.10. The largest absolute Gasteiger partial charge is 0.490 e. The first-order valence-corrected chi connectivity index (χ1v) is 29.9. The molecule has 5 aliphatic rings. The predicted molar refractivity (Wildman–Crippen MR) is 332 cm³/mol. The highest BCUT2D eigenvalue weighted by Crippen LogP contribution is 2.39. The molecule has 0 amide bonds. The first kappa shape index (κ1) is 69.2. The Morgan fingerprint density at radius 3 is 1.53 bits per heavy atom. The van der Waals surface area contributed by atoms with E-state index >= 15 is 0 Å². The Morgan fingerprint density at radius 2 is 1.07 bits per heavy atom. The Morgan fingerprint density at radius 1 is 0.587 bits per heavy atom. The number of oxime groups is 1. The van der Waals surface area contributed by atoms with Crippen molar-refractivity contribution in [1.82, 2.24) is 15.5 Å². The molecule has 3 aromatic heterocycles. The SMILES string of the molecule is CC1(C)OB(C2=CCOCC2)OC1(C)C.CCOC(=O)CC(=O)c1ccc(F)cc1.Fc1ccc(-c2cc(C3=CCOCC3)on2)cc1.Fc1ccc(-c2cc(C3CCOCC3)on2)cc1.Fc1ccc(-c2cc(Cl)on2)cc1.O=C1CC(c2ccc(F)cc2)=NO1. The molecular weight excluding hydrogens is 1220 g/mol. The number of halogens is 6. The van der Waals surface area contributed by atoms with Gasteiger partial charge < -0.3 is 46.7 Å². The number of nitrogens with zero attached hydrogens (tertiary/aromatic N) is 4. The maximum Gasteiger partial charge on any atom is 0.490 e. The summed E-state index contributed by atoms with van der Waals surface area (Å²) in [4.78, 5) is 37.5. The maximum absolute atomic E-state index is 12.8. The first-order valence-electron chi connectivity index (χ1n) is 29.5. The maximum atomic E-state index is 12.8. The normalized spacial score (nSPS) is 16.3. The van der Waals surface area contributed by atoms with Crippen LogP contribution in [0.1, 0.15) is 107 Å². The van der Waals surface area contributed by atoms with Crippen molar-refractivity contribution < 1.29 is 83.0 Å². The van der Waals surface area contributed by atoms with Crippen LogP contribution in [0.4, 0.5) is 22.0 Å². The van der Waals surface area contributed by atoms with Crippen molar-refractivity contribution in [3.63, 3.8) is 0 Å². The van der Waals surface area contributed by atoms with Crippen molar-refractivity contribution in [2.24, 2.45) is 5.16 Å². The van der Waals surface area contributed by atoms with Crippen LogP contribution in [-0.4, -0.2) is 103 Å². The number of carbonyl (C=O) groups is 3. The number of esters is 1. The second-order valence-electron chi connectivity index (χ2n) is 22.0. The summed E-state index contributed by atoms with van der Waals surface area (Å²) in [5, 5.41) is 15.5. The van der Waals surface area contributed by atoms with Crippen molar-refractivity contribution in [2.45, 2.75) is 90.3 Å². The zero-order chi connectivity index (χ0) is 65.6. The topological polar surface area (TPSA) is 206 Å². The van der Waals surface area contributed by atoms with E-state index in [-0.39, 0.29) is 78.0 Å². The molecule has 17 nitrogen and oxygen atoms in total. The predicted octanol–water partition coefficient (Wildman–Crippen LogP) is 15.2. The third kappa shape index (κ3) is 20.7. The zero-order valence-electron chi connectivity index (χ0n) is 51.1. The highest BCUT2D eigenvalue weighted by molar-refractivity contribution is 6.54. The molecule has 482 valence electrons. The number of hydrogen-bond acceptors (Lipinski definition) is 17. The third-order valence-corrected chi connectivity index (χ3v) is 15.1. The minimum Gasteiger partial charge on any atom is -0.466 e. The number of hydrogen-bond donors (Lipinski definition) is 0. The molecule has 2 saturated heterocycles. The summed E-state index contributed by atoms with van der Waals surface area (Å²) in [6, 6.07) is 34.7. The molecule has 5 aromatic carbocycles. The van der Waals surface area contributed by atoms with Gasteiger partial charge >= 0.3 is 19.1 Å². The number of aromatic nitrogens is 3. The lowest BCUT2D eigenvalue weighted by molar-refractivity contribution is -0.142. The average Bonchev–Trinajstić information content (AvgIpc) is 1.74. The van der Waals surface area contributed by atoms with E-state index in [1.165, 1.54) is 78.3 Å². The standard InChI is InChI=1S/C14H14FNO2.C14H12FNO2.C11H19BO3.C11H11FO3.C9H5ClFNO.C9H6FNO2/c2*15-12-3-1-10(2-4-12)13-9-14(18-16-13)11-5-7-17-8-6-11;1-10(2)11(3,4)15-12(14-10)9-5-7-13-8-6-9;1-2-15-11(14)7-10(13)8-3-5-9(12)6-4-8;10-9-5-8(12-13-9)6-1-3-7(11)4-2-6;10-7-3-1-6(2-4-7)8-5-9(12)13-11-8/h1-4,9,11H,5-8H2;1-5,9H,6-8H2;5H,6-8H2,1-4H3;3-6H,2,7H2,1H3;1-5H;1-4H,5H2. The highest BCUT2D eigenvalue weighted by atomic mass is 35.5. The third-order valence-electron chi connectivity index (χ3n) is 14.9. The molecule has 0 spiro atoms. The zero-order valence-corrected chi connectivity index (χ0v) is 51.9. The lowest BCUT2D eigenvalue weighted by Gasteiger charge is -2.32. The van der Waals surface area contributed by atoms with Crippen LogP contribution in [0.25, 0.3) is 39.3 Å². The molecule has 0 saturated carbocycles. The van der Waals surface area contributed by atoms with Gasteiger partial charge in [-0.05, 0) is 192 Å². The molecule has 0 aliphatic carbocycles. The smallest absolute Gasteiger partial charge is 0.466 e.